The number of halogens is 3. The van der Waals surface area contributed by atoms with E-state index >= 15 is 0 Å². The smallest absolute Gasteiger partial charge is 0.269 e. The van der Waals surface area contributed by atoms with Crippen molar-refractivity contribution in [2.75, 3.05) is 6.54 Å². The molecule has 41 heavy (non-hydrogen) atoms. The molecule has 210 valence electrons. The summed E-state index contributed by atoms with van der Waals surface area (Å²) in [7, 11) is 0. The van der Waals surface area contributed by atoms with Crippen molar-refractivity contribution in [3.8, 4) is 11.1 Å². The monoisotopic (exact) mass is 563 g/mol. The molecule has 2 aliphatic rings. The summed E-state index contributed by atoms with van der Waals surface area (Å²) in [6.07, 6.45) is 1.92. The molecular formula is C28H24F3N7O3. The molecule has 2 aromatic carbocycles. The predicted octanol–water partition coefficient (Wildman–Crippen LogP) is 2.61. The van der Waals surface area contributed by atoms with Crippen LogP contribution >= 0.6 is 0 Å². The summed E-state index contributed by atoms with van der Waals surface area (Å²) in [5.74, 6) is -3.23. The van der Waals surface area contributed by atoms with Gasteiger partial charge in [0.05, 0.1) is 30.5 Å². The number of primary amides is 1. The van der Waals surface area contributed by atoms with Gasteiger partial charge >= 0.3 is 0 Å². The number of carbonyl (C=O) groups excluding carboxylic acids is 3. The molecule has 1 aliphatic heterocycles. The Balaban J connectivity index is 1.24. The van der Waals surface area contributed by atoms with Gasteiger partial charge in [0.1, 0.15) is 30.4 Å². The highest BCUT2D eigenvalue weighted by atomic mass is 19.1. The Kier molecular flexibility index (Phi) is 6.64. The molecule has 0 bridgehead atoms. The first-order chi connectivity index (χ1) is 19.7. The minimum absolute atomic E-state index is 0.0510. The number of nitrogens with one attached hydrogen (secondary N) is 1. The van der Waals surface area contributed by atoms with Crippen molar-refractivity contribution in [1.82, 2.24) is 30.2 Å². The molecule has 10 nitrogen and oxygen atoms in total. The van der Waals surface area contributed by atoms with Gasteiger partial charge < -0.3 is 16.0 Å². The Morgan fingerprint density at radius 3 is 2.61 bits per heavy atom. The number of likely N-dealkylation sites (tertiary alicyclic amines) is 1. The van der Waals surface area contributed by atoms with Gasteiger partial charge in [-0.1, -0.05) is 6.07 Å². The molecule has 3 heterocycles. The Bertz CT molecular complexity index is 1690. The Morgan fingerprint density at radius 2 is 1.85 bits per heavy atom. The molecule has 3 atom stereocenters. The summed E-state index contributed by atoms with van der Waals surface area (Å²) in [6, 6.07) is 6.99. The van der Waals surface area contributed by atoms with E-state index in [0.29, 0.717) is 10.9 Å². The number of hydrogen-bond donors (Lipinski definition) is 2. The number of aromatic nitrogens is 4. The van der Waals surface area contributed by atoms with E-state index in [0.717, 1.165) is 28.2 Å². The van der Waals surface area contributed by atoms with E-state index < -0.39 is 47.6 Å². The second-order valence-electron chi connectivity index (χ2n) is 10.1. The third-order valence-electron chi connectivity index (χ3n) is 7.65. The maximum atomic E-state index is 14.5. The number of carbonyl (C=O) groups is 3. The van der Waals surface area contributed by atoms with Gasteiger partial charge in [0, 0.05) is 22.9 Å². The van der Waals surface area contributed by atoms with E-state index in [4.69, 9.17) is 5.73 Å². The lowest BCUT2D eigenvalue weighted by Crippen LogP contribution is -2.47. The lowest BCUT2D eigenvalue weighted by atomic mass is 10.0. The third-order valence-corrected chi connectivity index (χ3v) is 7.65. The van der Waals surface area contributed by atoms with Crippen molar-refractivity contribution >= 4 is 28.6 Å². The average Bonchev–Trinajstić information content (AvgIpc) is 3.67. The summed E-state index contributed by atoms with van der Waals surface area (Å²) in [5.41, 5.74) is 7.70. The van der Waals surface area contributed by atoms with Crippen LogP contribution in [0.15, 0.2) is 48.8 Å². The summed E-state index contributed by atoms with van der Waals surface area (Å²) < 4.78 is 44.5. The number of hydrogen-bond acceptors (Lipinski definition) is 6. The van der Waals surface area contributed by atoms with Crippen molar-refractivity contribution in [3.05, 3.63) is 77.2 Å². The highest BCUT2D eigenvalue weighted by molar-refractivity contribution is 6.05. The third kappa shape index (κ3) is 4.77. The standard InChI is InChI=1S/C28H24F3N7O3/c29-16-10-23(28(41)35-21-5-2-17-19(30)3-4-20(31)25(17)21)37(12-16)24(39)13-38-22-6-1-14(15-7-8-33-34-11-15)9-18(22)26(36-38)27(32)40/h1,3-4,6-9,11,16,21,23H,2,5,10,12-13H2,(H2,32,40)(H,35,41). The van der Waals surface area contributed by atoms with E-state index in [9.17, 15) is 27.6 Å². The summed E-state index contributed by atoms with van der Waals surface area (Å²) in [5, 5.41) is 14.9. The molecule has 3 unspecified atom stereocenters. The first-order valence-corrected chi connectivity index (χ1v) is 13.0. The van der Waals surface area contributed by atoms with Gasteiger partial charge in [-0.3, -0.25) is 19.1 Å². The van der Waals surface area contributed by atoms with Gasteiger partial charge in [0.15, 0.2) is 5.69 Å². The van der Waals surface area contributed by atoms with Crippen LogP contribution in [0.4, 0.5) is 13.2 Å². The average molecular weight is 564 g/mol. The van der Waals surface area contributed by atoms with Gasteiger partial charge in [-0.05, 0) is 54.3 Å². The largest absolute Gasteiger partial charge is 0.364 e. The molecule has 1 aliphatic carbocycles. The van der Waals surface area contributed by atoms with Crippen molar-refractivity contribution < 1.29 is 27.6 Å². The van der Waals surface area contributed by atoms with Gasteiger partial charge in [0.2, 0.25) is 11.8 Å². The number of fused-ring (bicyclic) bond motifs is 2. The number of benzene rings is 2. The topological polar surface area (TPSA) is 136 Å². The molecule has 4 aromatic rings. The molecule has 3 amide bonds. The molecule has 1 saturated heterocycles. The molecule has 0 saturated carbocycles. The maximum absolute atomic E-state index is 14.5. The summed E-state index contributed by atoms with van der Waals surface area (Å²) >= 11 is 0. The van der Waals surface area contributed by atoms with Gasteiger partial charge in [-0.25, -0.2) is 13.2 Å². The van der Waals surface area contributed by atoms with Crippen LogP contribution in [0.5, 0.6) is 0 Å². The zero-order chi connectivity index (χ0) is 28.8. The maximum Gasteiger partial charge on any atom is 0.269 e. The molecule has 0 spiro atoms. The quantitative estimate of drug-likeness (QED) is 0.370. The summed E-state index contributed by atoms with van der Waals surface area (Å²) in [4.78, 5) is 39.9. The van der Waals surface area contributed by atoms with Crippen molar-refractivity contribution in [3.63, 3.8) is 0 Å². The fraction of sp³-hybridized carbons (Fsp3) is 0.286. The lowest BCUT2D eigenvalue weighted by molar-refractivity contribution is -0.139. The zero-order valence-corrected chi connectivity index (χ0v) is 21.6. The van der Waals surface area contributed by atoms with Crippen LogP contribution in [-0.2, 0) is 22.6 Å². The number of amides is 3. The van der Waals surface area contributed by atoms with Gasteiger partial charge in [-0.15, -0.1) is 0 Å². The van der Waals surface area contributed by atoms with Gasteiger partial charge in [-0.2, -0.15) is 15.3 Å². The van der Waals surface area contributed by atoms with Gasteiger partial charge in [0.25, 0.3) is 5.91 Å². The number of alkyl halides is 1. The second-order valence-corrected chi connectivity index (χ2v) is 10.1. The predicted molar refractivity (Wildman–Crippen MR) is 140 cm³/mol. The van der Waals surface area contributed by atoms with Crippen molar-refractivity contribution in [2.24, 2.45) is 5.73 Å². The molecule has 3 N–H and O–H groups in total. The lowest BCUT2D eigenvalue weighted by Gasteiger charge is -2.25. The number of rotatable bonds is 6. The number of nitrogens with zero attached hydrogens (tertiary/aromatic N) is 5. The molecule has 2 aromatic heterocycles. The van der Waals surface area contributed by atoms with Crippen LogP contribution in [-0.4, -0.2) is 61.4 Å². The molecule has 0 radical (unpaired) electrons. The summed E-state index contributed by atoms with van der Waals surface area (Å²) in [6.45, 7) is -0.704. The van der Waals surface area contributed by atoms with E-state index in [1.54, 1.807) is 30.5 Å². The van der Waals surface area contributed by atoms with E-state index in [1.807, 2.05) is 0 Å². The van der Waals surface area contributed by atoms with Crippen LogP contribution in [0.3, 0.4) is 0 Å². The van der Waals surface area contributed by atoms with Crippen molar-refractivity contribution in [1.29, 1.82) is 0 Å². The Hall–Kier alpha value is -4.81. The van der Waals surface area contributed by atoms with Crippen LogP contribution in [0, 0.1) is 11.6 Å². The zero-order valence-electron chi connectivity index (χ0n) is 21.6. The molecule has 1 fully saturated rings. The van der Waals surface area contributed by atoms with Crippen LogP contribution < -0.4 is 11.1 Å². The SMILES string of the molecule is NC(=O)c1nn(CC(=O)N2CC(F)CC2C(=O)NC2CCc3c(F)ccc(F)c32)c2ccc(-c3ccnnc3)cc12. The van der Waals surface area contributed by atoms with E-state index in [-0.39, 0.29) is 49.2 Å². The fourth-order valence-electron chi connectivity index (χ4n) is 5.74. The fourth-order valence-corrected chi connectivity index (χ4v) is 5.74. The second kappa shape index (κ2) is 10.3. The van der Waals surface area contributed by atoms with Crippen LogP contribution in [0.2, 0.25) is 0 Å². The first kappa shape index (κ1) is 26.4. The van der Waals surface area contributed by atoms with E-state index in [1.165, 1.54) is 10.9 Å². The molecular weight excluding hydrogens is 539 g/mol. The minimum atomic E-state index is -1.45. The molecule has 13 heteroatoms. The highest BCUT2D eigenvalue weighted by Crippen LogP contribution is 2.35. The Morgan fingerprint density at radius 1 is 1.05 bits per heavy atom. The van der Waals surface area contributed by atoms with Crippen LogP contribution in [0.1, 0.15) is 40.5 Å². The van der Waals surface area contributed by atoms with Crippen LogP contribution in [0.25, 0.3) is 22.0 Å². The Labute approximate surface area is 231 Å². The molecule has 6 rings (SSSR count). The minimum Gasteiger partial charge on any atom is -0.364 e. The normalized spacial score (nSPS) is 19.9. The first-order valence-electron chi connectivity index (χ1n) is 13.0. The highest BCUT2D eigenvalue weighted by Gasteiger charge is 2.41. The van der Waals surface area contributed by atoms with E-state index in [2.05, 4.69) is 20.6 Å². The van der Waals surface area contributed by atoms with Crippen molar-refractivity contribution in [2.45, 2.75) is 44.1 Å². The number of nitrogens with two attached hydrogens (primary N) is 1.